The zero-order chi connectivity index (χ0) is 17.5. The van der Waals surface area contributed by atoms with Gasteiger partial charge in [-0.15, -0.1) is 0 Å². The minimum atomic E-state index is -0.270. The van der Waals surface area contributed by atoms with E-state index in [-0.39, 0.29) is 23.8 Å². The van der Waals surface area contributed by atoms with Gasteiger partial charge in [0.1, 0.15) is 0 Å². The summed E-state index contributed by atoms with van der Waals surface area (Å²) in [7, 11) is 1.63. The van der Waals surface area contributed by atoms with Crippen molar-refractivity contribution in [3.8, 4) is 0 Å². The van der Waals surface area contributed by atoms with Crippen LogP contribution in [0.5, 0.6) is 0 Å². The van der Waals surface area contributed by atoms with E-state index in [1.165, 1.54) is 0 Å². The molecule has 2 amide bonds. The molecule has 0 bridgehead atoms. The normalized spacial score (nSPS) is 18.7. The summed E-state index contributed by atoms with van der Waals surface area (Å²) in [6.07, 6.45) is 2.27. The molecule has 1 aromatic rings. The highest BCUT2D eigenvalue weighted by Crippen LogP contribution is 2.25. The van der Waals surface area contributed by atoms with Crippen molar-refractivity contribution in [2.75, 3.05) is 31.7 Å². The van der Waals surface area contributed by atoms with Crippen LogP contribution in [0.25, 0.3) is 0 Å². The van der Waals surface area contributed by atoms with Gasteiger partial charge in [-0.05, 0) is 25.5 Å². The maximum atomic E-state index is 13.0. The number of likely N-dealkylation sites (tertiary alicyclic amines) is 1. The monoisotopic (exact) mass is 332 g/mol. The molecule has 1 fully saturated rings. The highest BCUT2D eigenvalue weighted by Gasteiger charge is 2.38. The lowest BCUT2D eigenvalue weighted by Gasteiger charge is -2.27. The minimum Gasteiger partial charge on any atom is -0.383 e. The lowest BCUT2D eigenvalue weighted by molar-refractivity contribution is -0.130. The quantitative estimate of drug-likeness (QED) is 0.735. The highest BCUT2D eigenvalue weighted by molar-refractivity contribution is 5.99. The van der Waals surface area contributed by atoms with E-state index >= 15 is 0 Å². The molecule has 0 aromatic heterocycles. The van der Waals surface area contributed by atoms with Gasteiger partial charge in [0.25, 0.3) is 0 Å². The van der Waals surface area contributed by atoms with Crippen LogP contribution in [-0.4, -0.2) is 49.6 Å². The van der Waals surface area contributed by atoms with Crippen LogP contribution in [0, 0.1) is 5.92 Å². The van der Waals surface area contributed by atoms with Crippen LogP contribution in [-0.2, 0) is 14.3 Å². The van der Waals surface area contributed by atoms with E-state index in [0.29, 0.717) is 26.1 Å². The van der Waals surface area contributed by atoms with E-state index in [9.17, 15) is 9.59 Å². The van der Waals surface area contributed by atoms with Gasteiger partial charge in [-0.1, -0.05) is 31.5 Å². The Hall–Kier alpha value is -1.88. The first-order valence-electron chi connectivity index (χ1n) is 8.73. The van der Waals surface area contributed by atoms with E-state index in [1.54, 1.807) is 12.0 Å². The molecule has 1 aliphatic heterocycles. The van der Waals surface area contributed by atoms with Gasteiger partial charge >= 0.3 is 0 Å². The van der Waals surface area contributed by atoms with Crippen molar-refractivity contribution >= 4 is 17.5 Å². The zero-order valence-corrected chi connectivity index (χ0v) is 14.9. The predicted molar refractivity (Wildman–Crippen MR) is 94.9 cm³/mol. The molecule has 132 valence electrons. The third kappa shape index (κ3) is 4.35. The predicted octanol–water partition coefficient (Wildman–Crippen LogP) is 2.70. The third-order valence-electron chi connectivity index (χ3n) is 4.52. The Labute approximate surface area is 144 Å². The Balaban J connectivity index is 2.11. The molecule has 0 aliphatic carbocycles. The molecule has 2 rings (SSSR count). The van der Waals surface area contributed by atoms with Gasteiger partial charge in [0, 0.05) is 32.3 Å². The molecule has 0 spiro atoms. The molecule has 5 nitrogen and oxygen atoms in total. The average Bonchev–Trinajstić information content (AvgIpc) is 2.98. The Morgan fingerprint density at radius 1 is 1.38 bits per heavy atom. The number of unbranched alkanes of at least 4 members (excludes halogenated alkanes) is 1. The molecule has 1 heterocycles. The van der Waals surface area contributed by atoms with Crippen molar-refractivity contribution in [2.45, 2.75) is 39.2 Å². The second-order valence-corrected chi connectivity index (χ2v) is 6.43. The standard InChI is InChI=1S/C19H28N2O3/c1-4-5-11-20(17-9-7-6-8-10-17)19(23)16-12-18(22)21(13-16)15(2)14-24-3/h6-10,15-16H,4-5,11-14H2,1-3H3/t15-,16+/m0/s1. The minimum absolute atomic E-state index is 0.00103. The van der Waals surface area contributed by atoms with Crippen LogP contribution >= 0.6 is 0 Å². The summed E-state index contributed by atoms with van der Waals surface area (Å²) in [6.45, 7) is 5.74. The van der Waals surface area contributed by atoms with Gasteiger partial charge in [0.2, 0.25) is 11.8 Å². The summed E-state index contributed by atoms with van der Waals surface area (Å²) in [6, 6.07) is 9.73. The van der Waals surface area contributed by atoms with E-state index in [1.807, 2.05) is 42.2 Å². The number of carbonyl (C=O) groups excluding carboxylic acids is 2. The van der Waals surface area contributed by atoms with Gasteiger partial charge in [-0.2, -0.15) is 0 Å². The fraction of sp³-hybridized carbons (Fsp3) is 0.579. The molecule has 1 saturated heterocycles. The largest absolute Gasteiger partial charge is 0.383 e. The molecular weight excluding hydrogens is 304 g/mol. The second-order valence-electron chi connectivity index (χ2n) is 6.43. The fourth-order valence-electron chi connectivity index (χ4n) is 3.17. The van der Waals surface area contributed by atoms with E-state index in [0.717, 1.165) is 18.5 Å². The Morgan fingerprint density at radius 3 is 2.71 bits per heavy atom. The summed E-state index contributed by atoms with van der Waals surface area (Å²) in [5.41, 5.74) is 0.909. The molecule has 0 unspecified atom stereocenters. The molecule has 0 radical (unpaired) electrons. The summed E-state index contributed by atoms with van der Waals surface area (Å²) in [5, 5.41) is 0. The fourth-order valence-corrected chi connectivity index (χ4v) is 3.17. The maximum Gasteiger partial charge on any atom is 0.232 e. The van der Waals surface area contributed by atoms with E-state index in [2.05, 4.69) is 6.92 Å². The third-order valence-corrected chi connectivity index (χ3v) is 4.52. The maximum absolute atomic E-state index is 13.0. The van der Waals surface area contributed by atoms with Crippen LogP contribution in [0.2, 0.25) is 0 Å². The topological polar surface area (TPSA) is 49.9 Å². The van der Waals surface area contributed by atoms with Gasteiger partial charge < -0.3 is 14.5 Å². The number of anilines is 1. The summed E-state index contributed by atoms with van der Waals surface area (Å²) >= 11 is 0. The number of carbonyl (C=O) groups is 2. The Kier molecular flexibility index (Phi) is 6.79. The van der Waals surface area contributed by atoms with Gasteiger partial charge in [0.05, 0.1) is 18.6 Å². The summed E-state index contributed by atoms with van der Waals surface area (Å²) < 4.78 is 5.14. The first-order chi connectivity index (χ1) is 11.6. The second kappa shape index (κ2) is 8.83. The lowest BCUT2D eigenvalue weighted by Crippen LogP contribution is -2.40. The molecule has 24 heavy (non-hydrogen) atoms. The lowest BCUT2D eigenvalue weighted by atomic mass is 10.1. The van der Waals surface area contributed by atoms with Gasteiger partial charge in [0.15, 0.2) is 0 Å². The number of para-hydroxylation sites is 1. The van der Waals surface area contributed by atoms with E-state index in [4.69, 9.17) is 4.74 Å². The number of rotatable bonds is 8. The highest BCUT2D eigenvalue weighted by atomic mass is 16.5. The number of amides is 2. The van der Waals surface area contributed by atoms with Crippen LogP contribution in [0.3, 0.4) is 0 Å². The van der Waals surface area contributed by atoms with Gasteiger partial charge in [-0.25, -0.2) is 0 Å². The zero-order valence-electron chi connectivity index (χ0n) is 14.9. The average molecular weight is 332 g/mol. The smallest absolute Gasteiger partial charge is 0.232 e. The van der Waals surface area contributed by atoms with Crippen molar-refractivity contribution in [2.24, 2.45) is 5.92 Å². The van der Waals surface area contributed by atoms with E-state index < -0.39 is 0 Å². The number of nitrogens with zero attached hydrogens (tertiary/aromatic N) is 2. The number of ether oxygens (including phenoxy) is 1. The molecule has 1 aromatic carbocycles. The number of benzene rings is 1. The Bertz CT molecular complexity index is 547. The first-order valence-corrected chi connectivity index (χ1v) is 8.73. The molecule has 2 atom stereocenters. The van der Waals surface area contributed by atoms with Crippen LogP contribution in [0.15, 0.2) is 30.3 Å². The molecular formula is C19H28N2O3. The van der Waals surface area contributed by atoms with Crippen LogP contribution in [0.1, 0.15) is 33.1 Å². The van der Waals surface area contributed by atoms with Crippen molar-refractivity contribution < 1.29 is 14.3 Å². The van der Waals surface area contributed by atoms with Crippen molar-refractivity contribution in [1.29, 1.82) is 0 Å². The first kappa shape index (κ1) is 18.5. The van der Waals surface area contributed by atoms with Crippen molar-refractivity contribution in [3.05, 3.63) is 30.3 Å². The SMILES string of the molecule is CCCCN(C(=O)[C@@H]1CC(=O)N([C@@H](C)COC)C1)c1ccccc1. The number of methoxy groups -OCH3 is 1. The van der Waals surface area contributed by atoms with Crippen LogP contribution in [0.4, 0.5) is 5.69 Å². The Morgan fingerprint density at radius 2 is 2.08 bits per heavy atom. The van der Waals surface area contributed by atoms with Crippen molar-refractivity contribution in [1.82, 2.24) is 4.90 Å². The summed E-state index contributed by atoms with van der Waals surface area (Å²) in [4.78, 5) is 28.9. The molecule has 5 heteroatoms. The van der Waals surface area contributed by atoms with Crippen LogP contribution < -0.4 is 4.90 Å². The van der Waals surface area contributed by atoms with Gasteiger partial charge in [-0.3, -0.25) is 9.59 Å². The number of hydrogen-bond acceptors (Lipinski definition) is 3. The molecule has 0 N–H and O–H groups in total. The molecule has 1 aliphatic rings. The summed E-state index contributed by atoms with van der Waals surface area (Å²) in [5.74, 6) is -0.176. The molecule has 0 saturated carbocycles. The van der Waals surface area contributed by atoms with Crippen molar-refractivity contribution in [3.63, 3.8) is 0 Å². The number of hydrogen-bond donors (Lipinski definition) is 0.